The summed E-state index contributed by atoms with van der Waals surface area (Å²) in [6.45, 7) is 2.26. The number of nitro benzene ring substituents is 1. The Kier molecular flexibility index (Phi) is 18.3. The van der Waals surface area contributed by atoms with Gasteiger partial charge in [0.1, 0.15) is 0 Å². The third-order valence-electron chi connectivity index (χ3n) is 6.41. The van der Waals surface area contributed by atoms with Crippen molar-refractivity contribution < 1.29 is 18.1 Å². The first-order chi connectivity index (χ1) is 18.8. The van der Waals surface area contributed by atoms with Crippen LogP contribution in [0.4, 0.5) is 11.4 Å². The van der Waals surface area contributed by atoms with Gasteiger partial charge in [-0.25, -0.2) is 13.1 Å². The number of rotatable bonds is 19. The number of non-ortho nitro benzene ring substituents is 1. The predicted octanol–water partition coefficient (Wildman–Crippen LogP) is 7.93. The molecule has 9 heteroatoms. The molecule has 0 saturated carbocycles. The number of nitro groups is 1. The number of para-hydroxylation sites is 1. The van der Waals surface area contributed by atoms with Gasteiger partial charge >= 0.3 is 0 Å². The van der Waals surface area contributed by atoms with Crippen LogP contribution in [0.15, 0.2) is 59.5 Å². The van der Waals surface area contributed by atoms with Crippen molar-refractivity contribution in [1.29, 1.82) is 0 Å². The molecule has 0 saturated heterocycles. The van der Waals surface area contributed by atoms with Crippen molar-refractivity contribution in [3.63, 3.8) is 0 Å². The number of nitrogens with zero attached hydrogens (tertiary/aromatic N) is 1. The fraction of sp³-hybridized carbons (Fsp3) is 0.567. The number of nitrogens with one attached hydrogen (secondary N) is 1. The number of carbonyl (C=O) groups is 1. The maximum atomic E-state index is 12.1. The van der Waals surface area contributed by atoms with Crippen molar-refractivity contribution in [2.75, 3.05) is 5.73 Å². The number of amides is 1. The van der Waals surface area contributed by atoms with Crippen molar-refractivity contribution in [2.24, 2.45) is 0 Å². The molecule has 0 aliphatic heterocycles. The highest BCUT2D eigenvalue weighted by molar-refractivity contribution is 7.90. The van der Waals surface area contributed by atoms with Crippen LogP contribution >= 0.6 is 0 Å². The van der Waals surface area contributed by atoms with Crippen LogP contribution in [0.5, 0.6) is 0 Å². The van der Waals surface area contributed by atoms with Gasteiger partial charge in [0, 0.05) is 24.2 Å². The lowest BCUT2D eigenvalue weighted by Crippen LogP contribution is -2.30. The number of hydrogen-bond donors (Lipinski definition) is 2. The monoisotopic (exact) mass is 561 g/mol. The van der Waals surface area contributed by atoms with E-state index < -0.39 is 20.9 Å². The van der Waals surface area contributed by atoms with E-state index in [4.69, 9.17) is 5.73 Å². The zero-order valence-corrected chi connectivity index (χ0v) is 24.3. The summed E-state index contributed by atoms with van der Waals surface area (Å²) in [5.41, 5.74) is 6.18. The van der Waals surface area contributed by atoms with Gasteiger partial charge in [0.2, 0.25) is 5.91 Å². The summed E-state index contributed by atoms with van der Waals surface area (Å²) >= 11 is 0. The topological polar surface area (TPSA) is 132 Å². The highest BCUT2D eigenvalue weighted by Crippen LogP contribution is 2.15. The van der Waals surface area contributed by atoms with Crippen LogP contribution < -0.4 is 10.5 Å². The summed E-state index contributed by atoms with van der Waals surface area (Å²) in [5.74, 6) is -0.443. The van der Waals surface area contributed by atoms with Gasteiger partial charge in [-0.2, -0.15) is 0 Å². The number of nitrogens with two attached hydrogens (primary N) is 1. The molecular weight excluding hydrogens is 514 g/mol. The maximum absolute atomic E-state index is 12.1. The van der Waals surface area contributed by atoms with Crippen LogP contribution in [0.3, 0.4) is 0 Å². The van der Waals surface area contributed by atoms with E-state index in [0.29, 0.717) is 5.69 Å². The summed E-state index contributed by atoms with van der Waals surface area (Å²) in [7, 11) is -3.80. The number of hydrogen-bond acceptors (Lipinski definition) is 6. The number of nitrogen functional groups attached to an aromatic ring is 1. The fourth-order valence-electron chi connectivity index (χ4n) is 4.11. The third-order valence-corrected chi connectivity index (χ3v) is 7.80. The SMILES string of the molecule is CCCCCCCCCCCCCCCCCC(=O)NS(=O)(=O)c1ccc(N)cc1.O=[N+]([O-])c1ccccc1. The Bertz CT molecular complexity index is 1030. The molecule has 39 heavy (non-hydrogen) atoms. The van der Waals surface area contributed by atoms with E-state index in [0.717, 1.165) is 19.3 Å². The minimum atomic E-state index is -3.80. The second-order valence-corrected chi connectivity index (χ2v) is 11.6. The summed E-state index contributed by atoms with van der Waals surface area (Å²) in [6, 6.07) is 13.8. The Morgan fingerprint density at radius 3 is 1.59 bits per heavy atom. The lowest BCUT2D eigenvalue weighted by atomic mass is 10.0. The minimum absolute atomic E-state index is 0.0570. The summed E-state index contributed by atoms with van der Waals surface area (Å²) < 4.78 is 26.4. The van der Waals surface area contributed by atoms with Crippen molar-refractivity contribution in [1.82, 2.24) is 4.72 Å². The fourth-order valence-corrected chi connectivity index (χ4v) is 5.13. The molecule has 1 amide bonds. The number of sulfonamides is 1. The van der Waals surface area contributed by atoms with Crippen LogP contribution in [0.1, 0.15) is 110 Å². The lowest BCUT2D eigenvalue weighted by molar-refractivity contribution is -0.384. The molecule has 2 aromatic carbocycles. The summed E-state index contributed by atoms with van der Waals surface area (Å²) in [5, 5.41) is 10.0. The zero-order chi connectivity index (χ0) is 28.8. The first-order valence-corrected chi connectivity index (χ1v) is 15.8. The molecular formula is C30H47N3O5S. The molecule has 0 radical (unpaired) electrons. The maximum Gasteiger partial charge on any atom is 0.269 e. The van der Waals surface area contributed by atoms with E-state index in [1.165, 1.54) is 113 Å². The van der Waals surface area contributed by atoms with Gasteiger partial charge < -0.3 is 5.73 Å². The van der Waals surface area contributed by atoms with Gasteiger partial charge in [-0.1, -0.05) is 115 Å². The van der Waals surface area contributed by atoms with Crippen LogP contribution in [-0.4, -0.2) is 19.2 Å². The van der Waals surface area contributed by atoms with Crippen LogP contribution in [-0.2, 0) is 14.8 Å². The average molecular weight is 562 g/mol. The number of carbonyl (C=O) groups excluding carboxylic acids is 1. The predicted molar refractivity (Wildman–Crippen MR) is 159 cm³/mol. The molecule has 3 N–H and O–H groups in total. The molecule has 0 atom stereocenters. The van der Waals surface area contributed by atoms with E-state index in [9.17, 15) is 23.3 Å². The van der Waals surface area contributed by atoms with Gasteiger partial charge in [0.25, 0.3) is 15.7 Å². The van der Waals surface area contributed by atoms with Gasteiger partial charge in [0.15, 0.2) is 0 Å². The Morgan fingerprint density at radius 1 is 0.744 bits per heavy atom. The largest absolute Gasteiger partial charge is 0.399 e. The van der Waals surface area contributed by atoms with Crippen molar-refractivity contribution in [3.8, 4) is 0 Å². The molecule has 218 valence electrons. The molecule has 0 fully saturated rings. The van der Waals surface area contributed by atoms with Gasteiger partial charge in [-0.15, -0.1) is 0 Å². The van der Waals surface area contributed by atoms with Crippen molar-refractivity contribution >= 4 is 27.3 Å². The van der Waals surface area contributed by atoms with Crippen molar-refractivity contribution in [3.05, 3.63) is 64.7 Å². The molecule has 0 aromatic heterocycles. The molecule has 0 heterocycles. The summed E-state index contributed by atoms with van der Waals surface area (Å²) in [4.78, 5) is 21.6. The highest BCUT2D eigenvalue weighted by atomic mass is 32.2. The molecule has 0 aliphatic carbocycles. The quantitative estimate of drug-likeness (QED) is 0.0774. The zero-order valence-electron chi connectivity index (χ0n) is 23.5. The third kappa shape index (κ3) is 17.3. The minimum Gasteiger partial charge on any atom is -0.399 e. The first kappa shape index (κ1) is 34.1. The molecule has 0 spiro atoms. The smallest absolute Gasteiger partial charge is 0.269 e. The molecule has 2 aromatic rings. The van der Waals surface area contributed by atoms with Crippen LogP contribution in [0.2, 0.25) is 0 Å². The standard InChI is InChI=1S/C24H42N2O3S.C6H5NO2/c1-2-3-4-5-6-7-8-9-10-11-12-13-14-15-16-17-24(27)26-30(28,29)23-20-18-22(25)19-21-23;8-7(9)6-4-2-1-3-5-6/h18-21H,2-17,25H2,1H3,(H,26,27);1-5H. The molecule has 0 aliphatic rings. The molecule has 8 nitrogen and oxygen atoms in total. The normalized spacial score (nSPS) is 10.9. The highest BCUT2D eigenvalue weighted by Gasteiger charge is 2.16. The van der Waals surface area contributed by atoms with Gasteiger partial charge in [0.05, 0.1) is 9.82 Å². The van der Waals surface area contributed by atoms with E-state index in [2.05, 4.69) is 11.6 Å². The second-order valence-electron chi connectivity index (χ2n) is 9.89. The van der Waals surface area contributed by atoms with E-state index in [1.54, 1.807) is 18.2 Å². The molecule has 0 unspecified atom stereocenters. The van der Waals surface area contributed by atoms with E-state index >= 15 is 0 Å². The van der Waals surface area contributed by atoms with E-state index in [1.807, 2.05) is 0 Å². The first-order valence-electron chi connectivity index (χ1n) is 14.4. The lowest BCUT2D eigenvalue weighted by Gasteiger charge is -2.07. The average Bonchev–Trinajstić information content (AvgIpc) is 2.91. The Labute approximate surface area is 235 Å². The Morgan fingerprint density at radius 2 is 1.18 bits per heavy atom. The molecule has 2 rings (SSSR count). The molecule has 0 bridgehead atoms. The van der Waals surface area contributed by atoms with Gasteiger partial charge in [-0.05, 0) is 30.7 Å². The Balaban J connectivity index is 0.000000708. The van der Waals surface area contributed by atoms with Crippen molar-refractivity contribution in [2.45, 2.75) is 115 Å². The number of benzene rings is 2. The number of unbranched alkanes of at least 4 members (excludes halogenated alkanes) is 14. The Hall–Kier alpha value is -2.94. The van der Waals surface area contributed by atoms with E-state index in [-0.39, 0.29) is 17.0 Å². The second kappa shape index (κ2) is 21.0. The van der Waals surface area contributed by atoms with Crippen LogP contribution in [0.25, 0.3) is 0 Å². The summed E-state index contributed by atoms with van der Waals surface area (Å²) in [6.07, 6.45) is 19.2. The van der Waals surface area contributed by atoms with Gasteiger partial charge in [-0.3, -0.25) is 14.9 Å². The number of anilines is 1. The van der Waals surface area contributed by atoms with Crippen LogP contribution in [0, 0.1) is 10.1 Å².